The van der Waals surface area contributed by atoms with Gasteiger partial charge in [0.05, 0.1) is 0 Å². The Labute approximate surface area is 113 Å². The first kappa shape index (κ1) is 14.0. The van der Waals surface area contributed by atoms with Gasteiger partial charge in [-0.05, 0) is 55.5 Å². The van der Waals surface area contributed by atoms with Gasteiger partial charge in [0.1, 0.15) is 5.82 Å². The summed E-state index contributed by atoms with van der Waals surface area (Å²) < 4.78 is 13.1. The van der Waals surface area contributed by atoms with Crippen LogP contribution in [-0.4, -0.2) is 23.9 Å². The van der Waals surface area contributed by atoms with E-state index in [4.69, 9.17) is 5.73 Å². The molecule has 0 saturated carbocycles. The molecular formula is C15H21FN2O. The van der Waals surface area contributed by atoms with Crippen molar-refractivity contribution in [2.24, 2.45) is 11.7 Å². The fourth-order valence-electron chi connectivity index (χ4n) is 2.82. The molecule has 19 heavy (non-hydrogen) atoms. The van der Waals surface area contributed by atoms with Crippen LogP contribution in [0.4, 0.5) is 4.39 Å². The summed E-state index contributed by atoms with van der Waals surface area (Å²) in [5.41, 5.74) is 7.40. The minimum Gasteiger partial charge on any atom is -0.370 e. The molecule has 1 unspecified atom stereocenters. The maximum absolute atomic E-state index is 13.1. The van der Waals surface area contributed by atoms with E-state index in [1.54, 1.807) is 6.07 Å². The van der Waals surface area contributed by atoms with E-state index >= 15 is 0 Å². The van der Waals surface area contributed by atoms with Crippen molar-refractivity contribution in [2.45, 2.75) is 32.7 Å². The van der Waals surface area contributed by atoms with E-state index in [0.29, 0.717) is 12.3 Å². The quantitative estimate of drug-likeness (QED) is 0.906. The SMILES string of the molecule is Cc1cc(F)ccc1CN1CCCC(CC(N)=O)C1. The third-order valence-corrected chi connectivity index (χ3v) is 3.79. The number of nitrogens with two attached hydrogens (primary N) is 1. The fourth-order valence-corrected chi connectivity index (χ4v) is 2.82. The van der Waals surface area contributed by atoms with Gasteiger partial charge in [-0.3, -0.25) is 9.69 Å². The van der Waals surface area contributed by atoms with Crippen LogP contribution in [0.2, 0.25) is 0 Å². The van der Waals surface area contributed by atoms with Crippen molar-refractivity contribution < 1.29 is 9.18 Å². The van der Waals surface area contributed by atoms with E-state index in [2.05, 4.69) is 4.90 Å². The molecule has 4 heteroatoms. The van der Waals surface area contributed by atoms with Crippen LogP contribution in [0.5, 0.6) is 0 Å². The minimum absolute atomic E-state index is 0.188. The topological polar surface area (TPSA) is 46.3 Å². The predicted molar refractivity (Wildman–Crippen MR) is 72.9 cm³/mol. The summed E-state index contributed by atoms with van der Waals surface area (Å²) >= 11 is 0. The molecule has 104 valence electrons. The van der Waals surface area contributed by atoms with E-state index < -0.39 is 0 Å². The standard InChI is InChI=1S/C15H21FN2O/c1-11-7-14(16)5-4-13(11)10-18-6-2-3-12(9-18)8-15(17)19/h4-5,7,12H,2-3,6,8-10H2,1H3,(H2,17,19). The molecule has 1 atom stereocenters. The van der Waals surface area contributed by atoms with Gasteiger partial charge in [-0.2, -0.15) is 0 Å². The van der Waals surface area contributed by atoms with E-state index in [1.165, 1.54) is 6.07 Å². The largest absolute Gasteiger partial charge is 0.370 e. The van der Waals surface area contributed by atoms with Gasteiger partial charge in [0.15, 0.2) is 0 Å². The van der Waals surface area contributed by atoms with Crippen LogP contribution in [0.25, 0.3) is 0 Å². The number of piperidine rings is 1. The van der Waals surface area contributed by atoms with Crippen LogP contribution in [0, 0.1) is 18.7 Å². The molecule has 3 nitrogen and oxygen atoms in total. The van der Waals surface area contributed by atoms with Crippen LogP contribution in [0.3, 0.4) is 0 Å². The molecule has 0 bridgehead atoms. The number of nitrogens with zero attached hydrogens (tertiary/aromatic N) is 1. The molecule has 1 aliphatic heterocycles. The number of likely N-dealkylation sites (tertiary alicyclic amines) is 1. The Morgan fingerprint density at radius 1 is 1.53 bits per heavy atom. The number of carbonyl (C=O) groups excluding carboxylic acids is 1. The van der Waals surface area contributed by atoms with Crippen LogP contribution in [0.15, 0.2) is 18.2 Å². The van der Waals surface area contributed by atoms with E-state index in [-0.39, 0.29) is 11.7 Å². The molecule has 0 spiro atoms. The van der Waals surface area contributed by atoms with Crippen molar-refractivity contribution in [2.75, 3.05) is 13.1 Å². The Morgan fingerprint density at radius 2 is 2.32 bits per heavy atom. The van der Waals surface area contributed by atoms with Crippen LogP contribution >= 0.6 is 0 Å². The summed E-state index contributed by atoms with van der Waals surface area (Å²) in [6.07, 6.45) is 2.64. The minimum atomic E-state index is -0.218. The number of rotatable bonds is 4. The average molecular weight is 264 g/mol. The maximum Gasteiger partial charge on any atom is 0.217 e. The zero-order valence-corrected chi connectivity index (χ0v) is 11.4. The number of hydrogen-bond donors (Lipinski definition) is 1. The molecule has 1 aromatic rings. The molecule has 1 saturated heterocycles. The van der Waals surface area contributed by atoms with Gasteiger partial charge in [-0.1, -0.05) is 6.07 Å². The van der Waals surface area contributed by atoms with Gasteiger partial charge < -0.3 is 5.73 Å². The van der Waals surface area contributed by atoms with E-state index in [1.807, 2.05) is 13.0 Å². The van der Waals surface area contributed by atoms with Crippen LogP contribution in [-0.2, 0) is 11.3 Å². The summed E-state index contributed by atoms with van der Waals surface area (Å²) in [5.74, 6) is -0.0386. The molecule has 1 aromatic carbocycles. The van der Waals surface area contributed by atoms with Crippen molar-refractivity contribution in [3.63, 3.8) is 0 Å². The second-order valence-corrected chi connectivity index (χ2v) is 5.48. The second kappa shape index (κ2) is 6.15. The van der Waals surface area contributed by atoms with Crippen molar-refractivity contribution >= 4 is 5.91 Å². The third kappa shape index (κ3) is 4.03. The molecule has 1 fully saturated rings. The Balaban J connectivity index is 1.96. The molecule has 2 rings (SSSR count). The van der Waals surface area contributed by atoms with Gasteiger partial charge in [-0.15, -0.1) is 0 Å². The number of halogens is 1. The summed E-state index contributed by atoms with van der Waals surface area (Å²) in [4.78, 5) is 13.3. The molecule has 2 N–H and O–H groups in total. The van der Waals surface area contributed by atoms with Crippen molar-refractivity contribution in [1.29, 1.82) is 0 Å². The first-order chi connectivity index (χ1) is 9.04. The summed E-state index contributed by atoms with van der Waals surface area (Å²) in [5, 5.41) is 0. The van der Waals surface area contributed by atoms with E-state index in [0.717, 1.165) is 43.6 Å². The molecule has 0 radical (unpaired) electrons. The predicted octanol–water partition coefficient (Wildman–Crippen LogP) is 2.22. The number of carbonyl (C=O) groups is 1. The van der Waals surface area contributed by atoms with Crippen LogP contribution in [0.1, 0.15) is 30.4 Å². The van der Waals surface area contributed by atoms with Crippen molar-refractivity contribution in [3.8, 4) is 0 Å². The highest BCUT2D eigenvalue weighted by atomic mass is 19.1. The van der Waals surface area contributed by atoms with Crippen LogP contribution < -0.4 is 5.73 Å². The molecule has 1 heterocycles. The molecular weight excluding hydrogens is 243 g/mol. The maximum atomic E-state index is 13.1. The highest BCUT2D eigenvalue weighted by molar-refractivity contribution is 5.74. The Kier molecular flexibility index (Phi) is 4.53. The number of aryl methyl sites for hydroxylation is 1. The Hall–Kier alpha value is -1.42. The first-order valence-electron chi connectivity index (χ1n) is 6.80. The lowest BCUT2D eigenvalue weighted by Crippen LogP contribution is -2.36. The molecule has 1 aliphatic rings. The van der Waals surface area contributed by atoms with Gasteiger partial charge in [0, 0.05) is 19.5 Å². The highest BCUT2D eigenvalue weighted by Gasteiger charge is 2.21. The summed E-state index contributed by atoms with van der Waals surface area (Å²) in [6, 6.07) is 4.93. The zero-order chi connectivity index (χ0) is 13.8. The smallest absolute Gasteiger partial charge is 0.217 e. The summed E-state index contributed by atoms with van der Waals surface area (Å²) in [7, 11) is 0. The molecule has 1 amide bonds. The molecule has 0 aromatic heterocycles. The van der Waals surface area contributed by atoms with Gasteiger partial charge >= 0.3 is 0 Å². The normalized spacial score (nSPS) is 20.4. The molecule has 0 aliphatic carbocycles. The number of benzene rings is 1. The summed E-state index contributed by atoms with van der Waals surface area (Å²) in [6.45, 7) is 4.69. The lowest BCUT2D eigenvalue weighted by Gasteiger charge is -2.32. The second-order valence-electron chi connectivity index (χ2n) is 5.48. The highest BCUT2D eigenvalue weighted by Crippen LogP contribution is 2.22. The number of hydrogen-bond acceptors (Lipinski definition) is 2. The average Bonchev–Trinajstić information content (AvgIpc) is 2.32. The number of primary amides is 1. The van der Waals surface area contributed by atoms with Crippen molar-refractivity contribution in [3.05, 3.63) is 35.1 Å². The lowest BCUT2D eigenvalue weighted by molar-refractivity contribution is -0.119. The fraction of sp³-hybridized carbons (Fsp3) is 0.533. The number of amides is 1. The van der Waals surface area contributed by atoms with Crippen molar-refractivity contribution in [1.82, 2.24) is 4.90 Å². The van der Waals surface area contributed by atoms with E-state index in [9.17, 15) is 9.18 Å². The third-order valence-electron chi connectivity index (χ3n) is 3.79. The Morgan fingerprint density at radius 3 is 3.00 bits per heavy atom. The van der Waals surface area contributed by atoms with Gasteiger partial charge in [0.25, 0.3) is 0 Å². The zero-order valence-electron chi connectivity index (χ0n) is 11.4. The Bertz CT molecular complexity index is 461. The lowest BCUT2D eigenvalue weighted by atomic mass is 9.94. The monoisotopic (exact) mass is 264 g/mol. The van der Waals surface area contributed by atoms with Gasteiger partial charge in [-0.25, -0.2) is 4.39 Å². The van der Waals surface area contributed by atoms with Gasteiger partial charge in [0.2, 0.25) is 5.91 Å². The first-order valence-corrected chi connectivity index (χ1v) is 6.80.